The Labute approximate surface area is 115 Å². The first-order valence-electron chi connectivity index (χ1n) is 7.13. The molecule has 1 fully saturated rings. The summed E-state index contributed by atoms with van der Waals surface area (Å²) in [5, 5.41) is 12.5. The number of likely N-dealkylation sites (tertiary alicyclic amines) is 1. The zero-order valence-electron chi connectivity index (χ0n) is 12.2. The van der Waals surface area contributed by atoms with Crippen molar-refractivity contribution in [3.8, 4) is 0 Å². The van der Waals surface area contributed by atoms with Gasteiger partial charge in [0.25, 0.3) is 0 Å². The number of nitrogens with one attached hydrogen (secondary N) is 1. The summed E-state index contributed by atoms with van der Waals surface area (Å²) in [4.78, 5) is 25.6. The number of hydrogen-bond donors (Lipinski definition) is 2. The van der Waals surface area contributed by atoms with Gasteiger partial charge in [-0.25, -0.2) is 0 Å². The van der Waals surface area contributed by atoms with E-state index in [2.05, 4.69) is 5.32 Å². The van der Waals surface area contributed by atoms with Crippen molar-refractivity contribution in [3.05, 3.63) is 0 Å². The van der Waals surface area contributed by atoms with Crippen molar-refractivity contribution < 1.29 is 14.7 Å². The minimum atomic E-state index is -0.756. The van der Waals surface area contributed by atoms with Crippen LogP contribution in [0, 0.1) is 11.3 Å². The van der Waals surface area contributed by atoms with E-state index >= 15 is 0 Å². The molecular weight excluding hydrogens is 244 g/mol. The molecule has 110 valence electrons. The lowest BCUT2D eigenvalue weighted by atomic mass is 9.76. The van der Waals surface area contributed by atoms with Gasteiger partial charge < -0.3 is 15.3 Å². The van der Waals surface area contributed by atoms with Gasteiger partial charge in [-0.15, -0.1) is 0 Å². The van der Waals surface area contributed by atoms with Gasteiger partial charge in [0, 0.05) is 25.6 Å². The fraction of sp³-hybridized carbons (Fsp3) is 0.857. The third-order valence-corrected chi connectivity index (χ3v) is 4.00. The van der Waals surface area contributed by atoms with Crippen LogP contribution in [-0.4, -0.2) is 48.6 Å². The summed E-state index contributed by atoms with van der Waals surface area (Å²) in [5.74, 6) is -0.792. The van der Waals surface area contributed by atoms with E-state index in [-0.39, 0.29) is 11.8 Å². The van der Waals surface area contributed by atoms with Crippen LogP contribution in [0.5, 0.6) is 0 Å². The monoisotopic (exact) mass is 270 g/mol. The molecule has 19 heavy (non-hydrogen) atoms. The van der Waals surface area contributed by atoms with Crippen molar-refractivity contribution in [2.24, 2.45) is 11.3 Å². The topological polar surface area (TPSA) is 69.6 Å². The van der Waals surface area contributed by atoms with Gasteiger partial charge >= 0.3 is 5.97 Å². The fourth-order valence-corrected chi connectivity index (χ4v) is 2.99. The first-order chi connectivity index (χ1) is 8.96. The van der Waals surface area contributed by atoms with Crippen molar-refractivity contribution in [1.82, 2.24) is 10.2 Å². The Morgan fingerprint density at radius 2 is 2.16 bits per heavy atom. The molecule has 1 heterocycles. The van der Waals surface area contributed by atoms with Gasteiger partial charge in [0.05, 0.1) is 5.41 Å². The number of rotatable bonds is 6. The van der Waals surface area contributed by atoms with Crippen LogP contribution in [0.4, 0.5) is 0 Å². The number of carboxylic acid groups (broad SMARTS) is 1. The maximum atomic E-state index is 12.3. The molecule has 1 aliphatic heterocycles. The van der Waals surface area contributed by atoms with Gasteiger partial charge in [-0.05, 0) is 26.3 Å². The molecule has 1 saturated heterocycles. The Morgan fingerprint density at radius 3 is 2.68 bits per heavy atom. The van der Waals surface area contributed by atoms with E-state index in [1.165, 1.54) is 0 Å². The van der Waals surface area contributed by atoms with E-state index in [1.807, 2.05) is 20.9 Å². The first-order valence-corrected chi connectivity index (χ1v) is 7.13. The molecule has 5 nitrogen and oxygen atoms in total. The maximum Gasteiger partial charge on any atom is 0.311 e. The lowest BCUT2D eigenvalue weighted by molar-refractivity contribution is -0.156. The molecule has 1 aliphatic rings. The molecular formula is C14H26N2O3. The summed E-state index contributed by atoms with van der Waals surface area (Å²) < 4.78 is 0. The summed E-state index contributed by atoms with van der Waals surface area (Å²) in [6, 6.07) is 0. The van der Waals surface area contributed by atoms with E-state index in [1.54, 1.807) is 4.90 Å². The van der Waals surface area contributed by atoms with E-state index in [0.29, 0.717) is 32.5 Å². The largest absolute Gasteiger partial charge is 0.481 e. The summed E-state index contributed by atoms with van der Waals surface area (Å²) in [6.07, 6.45) is 2.94. The molecule has 2 unspecified atom stereocenters. The van der Waals surface area contributed by atoms with E-state index in [0.717, 1.165) is 12.8 Å². The molecule has 0 saturated carbocycles. The second-order valence-corrected chi connectivity index (χ2v) is 5.66. The lowest BCUT2D eigenvalue weighted by Crippen LogP contribution is -2.51. The molecule has 1 amide bonds. The predicted molar refractivity (Wildman–Crippen MR) is 73.9 cm³/mol. The zero-order chi connectivity index (χ0) is 14.5. The van der Waals surface area contributed by atoms with Crippen LogP contribution in [0.1, 0.15) is 39.5 Å². The summed E-state index contributed by atoms with van der Waals surface area (Å²) in [6.45, 7) is 5.56. The highest BCUT2D eigenvalue weighted by molar-refractivity contribution is 5.81. The van der Waals surface area contributed by atoms with Gasteiger partial charge in [-0.1, -0.05) is 20.3 Å². The molecule has 0 spiro atoms. The average Bonchev–Trinajstić information content (AvgIpc) is 2.38. The minimum Gasteiger partial charge on any atom is -0.481 e. The second-order valence-electron chi connectivity index (χ2n) is 5.66. The molecule has 2 N–H and O–H groups in total. The lowest BCUT2D eigenvalue weighted by Gasteiger charge is -2.40. The standard InChI is InChI=1S/C14H26N2O3/c1-4-6-14(13(18)19)7-5-8-16(10-14)12(17)11(2)9-15-3/h11,15H,4-10H2,1-3H3,(H,18,19). The Bertz CT molecular complexity index is 329. The van der Waals surface area contributed by atoms with Crippen molar-refractivity contribution in [3.63, 3.8) is 0 Å². The summed E-state index contributed by atoms with van der Waals surface area (Å²) in [7, 11) is 1.82. The zero-order valence-corrected chi connectivity index (χ0v) is 12.2. The van der Waals surface area contributed by atoms with Crippen molar-refractivity contribution in [2.45, 2.75) is 39.5 Å². The Balaban J connectivity index is 2.77. The minimum absolute atomic E-state index is 0.0655. The highest BCUT2D eigenvalue weighted by atomic mass is 16.4. The van der Waals surface area contributed by atoms with Crippen molar-refractivity contribution in [1.29, 1.82) is 0 Å². The molecule has 0 bridgehead atoms. The second kappa shape index (κ2) is 6.89. The highest BCUT2D eigenvalue weighted by Crippen LogP contribution is 2.35. The summed E-state index contributed by atoms with van der Waals surface area (Å²) in [5.41, 5.74) is -0.734. The van der Waals surface area contributed by atoms with Crippen molar-refractivity contribution in [2.75, 3.05) is 26.7 Å². The third kappa shape index (κ3) is 3.69. The van der Waals surface area contributed by atoms with Crippen LogP contribution < -0.4 is 5.32 Å². The number of piperidine rings is 1. The van der Waals surface area contributed by atoms with E-state index < -0.39 is 11.4 Å². The molecule has 0 aromatic carbocycles. The van der Waals surface area contributed by atoms with Crippen molar-refractivity contribution >= 4 is 11.9 Å². The molecule has 5 heteroatoms. The molecule has 2 atom stereocenters. The normalized spacial score (nSPS) is 25.1. The average molecular weight is 270 g/mol. The highest BCUT2D eigenvalue weighted by Gasteiger charge is 2.43. The SMILES string of the molecule is CCCC1(C(=O)O)CCCN(C(=O)C(C)CNC)C1. The van der Waals surface area contributed by atoms with E-state index in [4.69, 9.17) is 0 Å². The number of amides is 1. The van der Waals surface area contributed by atoms with Gasteiger partial charge in [0.2, 0.25) is 5.91 Å². The number of hydrogen-bond acceptors (Lipinski definition) is 3. The Hall–Kier alpha value is -1.10. The maximum absolute atomic E-state index is 12.3. The number of carbonyl (C=O) groups is 2. The number of carboxylic acids is 1. The van der Waals surface area contributed by atoms with Crippen LogP contribution in [0.25, 0.3) is 0 Å². The van der Waals surface area contributed by atoms with Gasteiger partial charge in [0.15, 0.2) is 0 Å². The molecule has 0 aliphatic carbocycles. The third-order valence-electron chi connectivity index (χ3n) is 4.00. The molecule has 0 aromatic rings. The van der Waals surface area contributed by atoms with Crippen LogP contribution in [0.2, 0.25) is 0 Å². The Kier molecular flexibility index (Phi) is 5.79. The van der Waals surface area contributed by atoms with Crippen LogP contribution in [0.3, 0.4) is 0 Å². The first kappa shape index (κ1) is 16.0. The van der Waals surface area contributed by atoms with Crippen LogP contribution in [0.15, 0.2) is 0 Å². The molecule has 0 aromatic heterocycles. The number of carbonyl (C=O) groups excluding carboxylic acids is 1. The number of aliphatic carboxylic acids is 1. The molecule has 1 rings (SSSR count). The number of nitrogens with zero attached hydrogens (tertiary/aromatic N) is 1. The van der Waals surface area contributed by atoms with E-state index in [9.17, 15) is 14.7 Å². The smallest absolute Gasteiger partial charge is 0.311 e. The quantitative estimate of drug-likeness (QED) is 0.764. The fourth-order valence-electron chi connectivity index (χ4n) is 2.99. The van der Waals surface area contributed by atoms with Crippen LogP contribution >= 0.6 is 0 Å². The summed E-state index contributed by atoms with van der Waals surface area (Å²) >= 11 is 0. The van der Waals surface area contributed by atoms with Gasteiger partial charge in [0.1, 0.15) is 0 Å². The van der Waals surface area contributed by atoms with Gasteiger partial charge in [-0.2, -0.15) is 0 Å². The molecule has 0 radical (unpaired) electrons. The Morgan fingerprint density at radius 1 is 1.47 bits per heavy atom. The predicted octanol–water partition coefficient (Wildman–Crippen LogP) is 1.34. The van der Waals surface area contributed by atoms with Gasteiger partial charge in [-0.3, -0.25) is 9.59 Å². The van der Waals surface area contributed by atoms with Crippen LogP contribution in [-0.2, 0) is 9.59 Å².